The van der Waals surface area contributed by atoms with Crippen LogP contribution in [0.3, 0.4) is 0 Å². The first-order valence-electron chi connectivity index (χ1n) is 11.7. The standard InChI is InChI=1S/C13H22N2O5.C6H5F.C4H10.C2H6.C2H2/c1-8(16)10-5-9(17)7-15(10)11(18)6-14-12(19)20-13(2,3)4;7-6-4-2-1-3-5-6;1-4(2)3;2*1-2/h9-10,17H,5-7H2,1-4H3,(H,14,19);1-5H;4H,1-3H3;1-2H3;1-2H/t9-,10-;;;;/m0..../s1. The van der Waals surface area contributed by atoms with E-state index in [4.69, 9.17) is 4.74 Å². The molecule has 0 radical (unpaired) electrons. The molecule has 1 aliphatic heterocycles. The quantitative estimate of drug-likeness (QED) is 0.585. The summed E-state index contributed by atoms with van der Waals surface area (Å²) in [5.41, 5.74) is -0.640. The molecule has 0 saturated carbocycles. The maximum atomic E-state index is 12.0. The number of aliphatic hydroxyl groups excluding tert-OH is 1. The summed E-state index contributed by atoms with van der Waals surface area (Å²) >= 11 is 0. The molecule has 1 aromatic rings. The normalized spacial score (nSPS) is 15.9. The molecule has 8 heteroatoms. The maximum Gasteiger partial charge on any atom is 0.408 e. The van der Waals surface area contributed by atoms with Crippen molar-refractivity contribution in [2.75, 3.05) is 13.1 Å². The second-order valence-corrected chi connectivity index (χ2v) is 8.95. The number of aliphatic hydroxyl groups is 1. The van der Waals surface area contributed by atoms with Crippen LogP contribution in [0.5, 0.6) is 0 Å². The number of halogens is 1. The minimum Gasteiger partial charge on any atom is -0.444 e. The van der Waals surface area contributed by atoms with Gasteiger partial charge in [-0.15, -0.1) is 12.8 Å². The number of benzene rings is 1. The molecular formula is C27H45FN2O5. The first-order valence-corrected chi connectivity index (χ1v) is 11.7. The van der Waals surface area contributed by atoms with Crippen LogP contribution in [0.2, 0.25) is 0 Å². The van der Waals surface area contributed by atoms with Gasteiger partial charge >= 0.3 is 6.09 Å². The van der Waals surface area contributed by atoms with Crippen molar-refractivity contribution >= 4 is 17.8 Å². The van der Waals surface area contributed by atoms with Crippen LogP contribution in [-0.2, 0) is 14.3 Å². The zero-order valence-electron chi connectivity index (χ0n) is 22.8. The lowest BCUT2D eigenvalue weighted by atomic mass is 10.1. The van der Waals surface area contributed by atoms with Gasteiger partial charge in [0.2, 0.25) is 5.91 Å². The van der Waals surface area contributed by atoms with Gasteiger partial charge in [-0.05, 0) is 45.7 Å². The lowest BCUT2D eigenvalue weighted by Gasteiger charge is -2.23. The molecule has 0 bridgehead atoms. The maximum absolute atomic E-state index is 12.0. The number of likely N-dealkylation sites (tertiary alicyclic amines) is 1. The first-order chi connectivity index (χ1) is 16.2. The summed E-state index contributed by atoms with van der Waals surface area (Å²) in [5, 5.41) is 11.9. The highest BCUT2D eigenvalue weighted by Crippen LogP contribution is 2.18. The fraction of sp³-hybridized carbons (Fsp3) is 0.593. The molecule has 2 atom stereocenters. The Hall–Kier alpha value is -2.92. The lowest BCUT2D eigenvalue weighted by Crippen LogP contribution is -2.46. The molecule has 2 rings (SSSR count). The lowest BCUT2D eigenvalue weighted by molar-refractivity contribution is -0.136. The first kappa shape index (κ1) is 36.6. The Morgan fingerprint density at radius 3 is 1.94 bits per heavy atom. The van der Waals surface area contributed by atoms with Crippen molar-refractivity contribution in [1.29, 1.82) is 0 Å². The van der Waals surface area contributed by atoms with Gasteiger partial charge in [-0.3, -0.25) is 9.59 Å². The predicted octanol–water partition coefficient (Wildman–Crippen LogP) is 4.83. The summed E-state index contributed by atoms with van der Waals surface area (Å²) < 4.78 is 16.9. The van der Waals surface area contributed by atoms with Crippen molar-refractivity contribution in [3.05, 3.63) is 36.1 Å². The van der Waals surface area contributed by atoms with E-state index in [1.807, 2.05) is 13.8 Å². The molecule has 0 aromatic heterocycles. The number of terminal acetylenes is 1. The Labute approximate surface area is 211 Å². The van der Waals surface area contributed by atoms with Crippen molar-refractivity contribution < 1.29 is 28.6 Å². The van der Waals surface area contributed by atoms with Crippen LogP contribution in [0.25, 0.3) is 0 Å². The summed E-state index contributed by atoms with van der Waals surface area (Å²) in [6, 6.07) is 7.33. The number of hydrogen-bond acceptors (Lipinski definition) is 5. The zero-order valence-corrected chi connectivity index (χ0v) is 22.8. The number of carbonyl (C=O) groups excluding carboxylic acids is 3. The van der Waals surface area contributed by atoms with Gasteiger partial charge in [0, 0.05) is 13.0 Å². The van der Waals surface area contributed by atoms with Crippen LogP contribution in [-0.4, -0.2) is 58.6 Å². The third-order valence-corrected chi connectivity index (χ3v) is 3.58. The summed E-state index contributed by atoms with van der Waals surface area (Å²) in [7, 11) is 0. The molecule has 1 heterocycles. The van der Waals surface area contributed by atoms with Crippen LogP contribution < -0.4 is 5.32 Å². The summed E-state index contributed by atoms with van der Waals surface area (Å²) in [4.78, 5) is 36.1. The molecule has 35 heavy (non-hydrogen) atoms. The van der Waals surface area contributed by atoms with E-state index in [9.17, 15) is 23.9 Å². The van der Waals surface area contributed by atoms with Gasteiger partial charge in [-0.2, -0.15) is 0 Å². The minimum atomic E-state index is -0.700. The molecule has 1 saturated heterocycles. The number of amides is 2. The number of rotatable bonds is 3. The molecule has 7 nitrogen and oxygen atoms in total. The molecular weight excluding hydrogens is 451 g/mol. The van der Waals surface area contributed by atoms with E-state index in [0.29, 0.717) is 0 Å². The Balaban J connectivity index is -0.000000557. The van der Waals surface area contributed by atoms with Gasteiger partial charge in [0.05, 0.1) is 12.1 Å². The number of β-amino-alcohol motifs (C(OH)–C–C–N with tert-alkyl or cyclic N) is 1. The van der Waals surface area contributed by atoms with Gasteiger partial charge in [0.25, 0.3) is 0 Å². The van der Waals surface area contributed by atoms with Gasteiger partial charge in [-0.25, -0.2) is 9.18 Å². The summed E-state index contributed by atoms with van der Waals surface area (Å²) in [6.07, 6.45) is 6.85. The second-order valence-electron chi connectivity index (χ2n) is 8.95. The predicted molar refractivity (Wildman–Crippen MR) is 139 cm³/mol. The van der Waals surface area contributed by atoms with Crippen LogP contribution in [0, 0.1) is 24.6 Å². The van der Waals surface area contributed by atoms with Crippen molar-refractivity contribution in [3.8, 4) is 12.8 Å². The number of hydrogen-bond donors (Lipinski definition) is 2. The van der Waals surface area contributed by atoms with E-state index in [2.05, 4.69) is 38.9 Å². The highest BCUT2D eigenvalue weighted by Gasteiger charge is 2.36. The van der Waals surface area contributed by atoms with Gasteiger partial charge in [0.1, 0.15) is 18.0 Å². The van der Waals surface area contributed by atoms with Crippen LogP contribution in [0.4, 0.5) is 9.18 Å². The number of carbonyl (C=O) groups is 3. The molecule has 200 valence electrons. The van der Waals surface area contributed by atoms with Crippen LogP contribution in [0.1, 0.15) is 68.7 Å². The zero-order chi connectivity index (χ0) is 28.2. The van der Waals surface area contributed by atoms with Crippen molar-refractivity contribution in [3.63, 3.8) is 0 Å². The van der Waals surface area contributed by atoms with E-state index < -0.39 is 29.7 Å². The molecule has 2 N–H and O–H groups in total. The number of nitrogens with one attached hydrogen (secondary N) is 1. The highest BCUT2D eigenvalue weighted by molar-refractivity contribution is 5.90. The number of ketones is 1. The molecule has 0 unspecified atom stereocenters. The fourth-order valence-corrected chi connectivity index (χ4v) is 2.45. The van der Waals surface area contributed by atoms with E-state index in [1.54, 1.807) is 39.0 Å². The number of nitrogens with zero attached hydrogens (tertiary/aromatic N) is 1. The molecule has 1 fully saturated rings. The van der Waals surface area contributed by atoms with Gasteiger partial charge in [-0.1, -0.05) is 52.8 Å². The molecule has 2 amide bonds. The average molecular weight is 497 g/mol. The van der Waals surface area contributed by atoms with Crippen LogP contribution in [0.15, 0.2) is 30.3 Å². The second kappa shape index (κ2) is 20.5. The van der Waals surface area contributed by atoms with Crippen molar-refractivity contribution in [1.82, 2.24) is 10.2 Å². The van der Waals surface area contributed by atoms with Crippen LogP contribution >= 0.6 is 0 Å². The monoisotopic (exact) mass is 496 g/mol. The fourth-order valence-electron chi connectivity index (χ4n) is 2.45. The number of ether oxygens (including phenoxy) is 1. The van der Waals surface area contributed by atoms with E-state index in [-0.39, 0.29) is 31.1 Å². The molecule has 0 aliphatic carbocycles. The van der Waals surface area contributed by atoms with E-state index >= 15 is 0 Å². The summed E-state index contributed by atoms with van der Waals surface area (Å²) in [5.74, 6) is 0.0716. The third-order valence-electron chi connectivity index (χ3n) is 3.58. The molecule has 1 aliphatic rings. The Morgan fingerprint density at radius 2 is 1.60 bits per heavy atom. The average Bonchev–Trinajstić information content (AvgIpc) is 3.16. The number of alkyl carbamates (subject to hydrolysis) is 1. The summed E-state index contributed by atoms with van der Waals surface area (Å²) in [6.45, 7) is 16.9. The minimum absolute atomic E-state index is 0.110. The topological polar surface area (TPSA) is 95.9 Å². The Bertz CT molecular complexity index is 727. The Morgan fingerprint density at radius 1 is 1.14 bits per heavy atom. The van der Waals surface area contributed by atoms with E-state index in [1.165, 1.54) is 24.0 Å². The third kappa shape index (κ3) is 21.4. The van der Waals surface area contributed by atoms with Crippen molar-refractivity contribution in [2.24, 2.45) is 5.92 Å². The largest absolute Gasteiger partial charge is 0.444 e. The highest BCUT2D eigenvalue weighted by atomic mass is 19.1. The molecule has 1 aromatic carbocycles. The van der Waals surface area contributed by atoms with Gasteiger partial charge in [0.15, 0.2) is 5.78 Å². The van der Waals surface area contributed by atoms with Crippen molar-refractivity contribution in [2.45, 2.75) is 86.5 Å². The van der Waals surface area contributed by atoms with Gasteiger partial charge < -0.3 is 20.1 Å². The SMILES string of the molecule is C#C.CC.CC(=O)[C@@H]1C[C@H](O)CN1C(=O)CNC(=O)OC(C)(C)C.CC(C)C.Fc1ccccc1. The Kier molecular flexibility index (Phi) is 21.4. The smallest absolute Gasteiger partial charge is 0.408 e. The van der Waals surface area contributed by atoms with E-state index in [0.717, 1.165) is 5.92 Å². The molecule has 0 spiro atoms. The number of Topliss-reactive ketones (excluding diaryl/α,β-unsaturated/α-hetero) is 1.